The molecular formula is C12H15ClN2O3. The van der Waals surface area contributed by atoms with E-state index in [9.17, 15) is 9.59 Å². The van der Waals surface area contributed by atoms with E-state index in [0.29, 0.717) is 11.4 Å². The van der Waals surface area contributed by atoms with Crippen LogP contribution in [-0.4, -0.2) is 29.1 Å². The summed E-state index contributed by atoms with van der Waals surface area (Å²) in [6.45, 7) is 1.38. The Morgan fingerprint density at radius 2 is 1.94 bits per heavy atom. The molecule has 0 saturated carbocycles. The quantitative estimate of drug-likeness (QED) is 0.738. The summed E-state index contributed by atoms with van der Waals surface area (Å²) in [6.07, 6.45) is 0.329. The number of carbonyl (C=O) groups excluding carboxylic acids is 1. The van der Waals surface area contributed by atoms with E-state index in [-0.39, 0.29) is 0 Å². The predicted molar refractivity (Wildman–Crippen MR) is 68.4 cm³/mol. The maximum Gasteiger partial charge on any atom is 0.325 e. The molecule has 0 aliphatic rings. The molecule has 1 aromatic rings. The first-order chi connectivity index (χ1) is 8.40. The number of aliphatic carboxylic acids is 1. The summed E-state index contributed by atoms with van der Waals surface area (Å²) < 4.78 is 0. The summed E-state index contributed by atoms with van der Waals surface area (Å²) in [5.74, 6) is -1.58. The maximum absolute atomic E-state index is 11.6. The van der Waals surface area contributed by atoms with Crippen molar-refractivity contribution in [3.05, 3.63) is 34.9 Å². The van der Waals surface area contributed by atoms with Crippen LogP contribution in [0.15, 0.2) is 24.3 Å². The minimum atomic E-state index is -1.10. The smallest absolute Gasteiger partial charge is 0.325 e. The van der Waals surface area contributed by atoms with Crippen molar-refractivity contribution in [2.75, 3.05) is 0 Å². The lowest BCUT2D eigenvalue weighted by atomic mass is 10.1. The fourth-order valence-electron chi connectivity index (χ4n) is 1.35. The van der Waals surface area contributed by atoms with Gasteiger partial charge in [0.05, 0.1) is 6.04 Å². The molecule has 6 heteroatoms. The minimum absolute atomic E-state index is 0.329. The molecule has 0 aliphatic carbocycles. The number of nitrogens with one attached hydrogen (secondary N) is 1. The Balaban J connectivity index is 2.54. The zero-order valence-electron chi connectivity index (χ0n) is 9.89. The van der Waals surface area contributed by atoms with E-state index in [1.165, 1.54) is 6.92 Å². The second-order valence-corrected chi connectivity index (χ2v) is 4.44. The van der Waals surface area contributed by atoms with Gasteiger partial charge < -0.3 is 16.2 Å². The number of rotatable bonds is 5. The summed E-state index contributed by atoms with van der Waals surface area (Å²) in [5, 5.41) is 11.6. The molecule has 4 N–H and O–H groups in total. The third-order valence-electron chi connectivity index (χ3n) is 2.43. The zero-order chi connectivity index (χ0) is 13.7. The third kappa shape index (κ3) is 4.35. The predicted octanol–water partition coefficient (Wildman–Crippen LogP) is 0.799. The van der Waals surface area contributed by atoms with Crippen LogP contribution >= 0.6 is 11.6 Å². The molecule has 1 amide bonds. The standard InChI is InChI=1S/C12H15ClN2O3/c1-7(12(17)18)15-11(16)10(14)6-8-2-4-9(13)5-3-8/h2-5,7,10H,6,14H2,1H3,(H,15,16)(H,17,18)/t7-,10-/m0/s1. The molecule has 0 bridgehead atoms. The van der Waals surface area contributed by atoms with E-state index in [1.807, 2.05) is 0 Å². The monoisotopic (exact) mass is 270 g/mol. The summed E-state index contributed by atoms with van der Waals surface area (Å²) in [7, 11) is 0. The van der Waals surface area contributed by atoms with Crippen molar-refractivity contribution in [1.29, 1.82) is 0 Å². The number of benzene rings is 1. The van der Waals surface area contributed by atoms with Crippen molar-refractivity contribution < 1.29 is 14.7 Å². The van der Waals surface area contributed by atoms with Gasteiger partial charge >= 0.3 is 5.97 Å². The molecule has 0 fully saturated rings. The van der Waals surface area contributed by atoms with Gasteiger partial charge in [-0.1, -0.05) is 23.7 Å². The Kier molecular flexibility index (Phi) is 5.12. The van der Waals surface area contributed by atoms with Crippen molar-refractivity contribution in [3.8, 4) is 0 Å². The highest BCUT2D eigenvalue weighted by atomic mass is 35.5. The SMILES string of the molecule is C[C@H](NC(=O)[C@@H](N)Cc1ccc(Cl)cc1)C(=O)O. The molecule has 0 spiro atoms. The van der Waals surface area contributed by atoms with Crippen molar-refractivity contribution >= 4 is 23.5 Å². The normalized spacial score (nSPS) is 13.7. The number of carboxylic acids is 1. The second kappa shape index (κ2) is 6.37. The van der Waals surface area contributed by atoms with Crippen LogP contribution in [0, 0.1) is 0 Å². The van der Waals surface area contributed by atoms with Crippen molar-refractivity contribution in [2.45, 2.75) is 25.4 Å². The van der Waals surface area contributed by atoms with Gasteiger partial charge in [0.1, 0.15) is 6.04 Å². The van der Waals surface area contributed by atoms with Crippen LogP contribution in [0.1, 0.15) is 12.5 Å². The highest BCUT2D eigenvalue weighted by Crippen LogP contribution is 2.10. The van der Waals surface area contributed by atoms with E-state index in [0.717, 1.165) is 5.56 Å². The van der Waals surface area contributed by atoms with E-state index in [4.69, 9.17) is 22.4 Å². The van der Waals surface area contributed by atoms with Gasteiger partial charge in [-0.05, 0) is 31.0 Å². The summed E-state index contributed by atoms with van der Waals surface area (Å²) in [4.78, 5) is 22.2. The molecule has 0 aliphatic heterocycles. The van der Waals surface area contributed by atoms with E-state index >= 15 is 0 Å². The molecule has 18 heavy (non-hydrogen) atoms. The molecule has 5 nitrogen and oxygen atoms in total. The summed E-state index contributed by atoms with van der Waals surface area (Å²) >= 11 is 5.74. The highest BCUT2D eigenvalue weighted by molar-refractivity contribution is 6.30. The molecule has 0 saturated heterocycles. The number of carbonyl (C=O) groups is 2. The molecule has 98 valence electrons. The van der Waals surface area contributed by atoms with Gasteiger partial charge in [0, 0.05) is 5.02 Å². The summed E-state index contributed by atoms with van der Waals surface area (Å²) in [5.41, 5.74) is 6.56. The average Bonchev–Trinajstić information content (AvgIpc) is 2.31. The van der Waals surface area contributed by atoms with Gasteiger partial charge in [0.15, 0.2) is 0 Å². The summed E-state index contributed by atoms with van der Waals surface area (Å²) in [6, 6.07) is 5.23. The van der Waals surface area contributed by atoms with Crippen LogP contribution in [0.25, 0.3) is 0 Å². The van der Waals surface area contributed by atoms with Crippen LogP contribution in [0.2, 0.25) is 5.02 Å². The van der Waals surface area contributed by atoms with E-state index in [1.54, 1.807) is 24.3 Å². The number of halogens is 1. The van der Waals surface area contributed by atoms with Crippen LogP contribution in [-0.2, 0) is 16.0 Å². The Morgan fingerprint density at radius 3 is 2.44 bits per heavy atom. The molecular weight excluding hydrogens is 256 g/mol. The number of hydrogen-bond acceptors (Lipinski definition) is 3. The first kappa shape index (κ1) is 14.5. The molecule has 1 rings (SSSR count). The van der Waals surface area contributed by atoms with Crippen LogP contribution in [0.5, 0.6) is 0 Å². The zero-order valence-corrected chi connectivity index (χ0v) is 10.6. The van der Waals surface area contributed by atoms with Gasteiger partial charge in [-0.25, -0.2) is 0 Å². The fourth-order valence-corrected chi connectivity index (χ4v) is 1.48. The second-order valence-electron chi connectivity index (χ2n) is 4.01. The van der Waals surface area contributed by atoms with Gasteiger partial charge in [-0.15, -0.1) is 0 Å². The number of hydrogen-bond donors (Lipinski definition) is 3. The highest BCUT2D eigenvalue weighted by Gasteiger charge is 2.19. The lowest BCUT2D eigenvalue weighted by Crippen LogP contribution is -2.48. The van der Waals surface area contributed by atoms with Gasteiger partial charge in [0.25, 0.3) is 0 Å². The minimum Gasteiger partial charge on any atom is -0.480 e. The van der Waals surface area contributed by atoms with E-state index in [2.05, 4.69) is 5.32 Å². The number of nitrogens with two attached hydrogens (primary N) is 1. The van der Waals surface area contributed by atoms with Crippen molar-refractivity contribution in [2.24, 2.45) is 5.73 Å². The fraction of sp³-hybridized carbons (Fsp3) is 0.333. The first-order valence-electron chi connectivity index (χ1n) is 5.43. The topological polar surface area (TPSA) is 92.4 Å². The Bertz CT molecular complexity index is 433. The van der Waals surface area contributed by atoms with E-state index < -0.39 is 24.0 Å². The Morgan fingerprint density at radius 1 is 1.39 bits per heavy atom. The van der Waals surface area contributed by atoms with Gasteiger partial charge in [-0.2, -0.15) is 0 Å². The lowest BCUT2D eigenvalue weighted by molar-refractivity contribution is -0.141. The third-order valence-corrected chi connectivity index (χ3v) is 2.69. The van der Waals surface area contributed by atoms with Crippen molar-refractivity contribution in [1.82, 2.24) is 5.32 Å². The molecule has 0 unspecified atom stereocenters. The maximum atomic E-state index is 11.6. The van der Waals surface area contributed by atoms with Gasteiger partial charge in [0.2, 0.25) is 5.91 Å². The molecule has 1 aromatic carbocycles. The lowest BCUT2D eigenvalue weighted by Gasteiger charge is -2.14. The molecule has 0 heterocycles. The van der Waals surface area contributed by atoms with Crippen LogP contribution in [0.4, 0.5) is 0 Å². The molecule has 0 aromatic heterocycles. The first-order valence-corrected chi connectivity index (χ1v) is 5.81. The Labute approximate surface area is 110 Å². The van der Waals surface area contributed by atoms with Crippen LogP contribution in [0.3, 0.4) is 0 Å². The van der Waals surface area contributed by atoms with Gasteiger partial charge in [-0.3, -0.25) is 9.59 Å². The Hall–Kier alpha value is -1.59. The number of amides is 1. The van der Waals surface area contributed by atoms with Crippen LogP contribution < -0.4 is 11.1 Å². The largest absolute Gasteiger partial charge is 0.480 e. The van der Waals surface area contributed by atoms with Crippen molar-refractivity contribution in [3.63, 3.8) is 0 Å². The average molecular weight is 271 g/mol. The molecule has 2 atom stereocenters. The number of carboxylic acid groups (broad SMARTS) is 1. The molecule has 0 radical (unpaired) electrons.